The van der Waals surface area contributed by atoms with Crippen molar-refractivity contribution in [1.29, 1.82) is 0 Å². The summed E-state index contributed by atoms with van der Waals surface area (Å²) in [5.74, 6) is -0.0404. The van der Waals surface area contributed by atoms with Crippen molar-refractivity contribution in [3.05, 3.63) is 29.8 Å². The zero-order chi connectivity index (χ0) is 11.4. The minimum absolute atomic E-state index is 0.0404. The number of likely N-dealkylation sites (N-methyl/N-ethyl adjacent to an activating group) is 1. The first-order chi connectivity index (χ1) is 7.06. The van der Waals surface area contributed by atoms with Crippen LogP contribution in [0.25, 0.3) is 0 Å². The molecule has 0 radical (unpaired) electrons. The third-order valence-electron chi connectivity index (χ3n) is 2.51. The first kappa shape index (κ1) is 11.7. The van der Waals surface area contributed by atoms with Crippen LogP contribution in [0.1, 0.15) is 18.9 Å². The smallest absolute Gasteiger partial charge is 0.243 e. The van der Waals surface area contributed by atoms with E-state index in [0.29, 0.717) is 6.42 Å². The second-order valence-corrected chi connectivity index (χ2v) is 3.75. The lowest BCUT2D eigenvalue weighted by atomic mass is 10.2. The number of hydrogen-bond donors (Lipinski definition) is 1. The molecule has 0 heterocycles. The first-order valence-electron chi connectivity index (χ1n) is 5.16. The van der Waals surface area contributed by atoms with Crippen LogP contribution in [-0.2, 0) is 4.79 Å². The van der Waals surface area contributed by atoms with Crippen LogP contribution in [-0.4, -0.2) is 19.0 Å². The van der Waals surface area contributed by atoms with E-state index in [1.54, 1.807) is 11.9 Å². The average Bonchev–Trinajstić information content (AvgIpc) is 2.27. The number of amides is 1. The molecule has 2 N–H and O–H groups in total. The normalized spacial score (nSPS) is 12.3. The van der Waals surface area contributed by atoms with Gasteiger partial charge in [0.25, 0.3) is 0 Å². The number of benzene rings is 1. The van der Waals surface area contributed by atoms with E-state index in [1.165, 1.54) is 5.56 Å². The highest BCUT2D eigenvalue weighted by Gasteiger charge is 2.16. The van der Waals surface area contributed by atoms with Gasteiger partial charge >= 0.3 is 0 Å². The second kappa shape index (κ2) is 4.94. The van der Waals surface area contributed by atoms with Gasteiger partial charge in [-0.3, -0.25) is 4.79 Å². The zero-order valence-electron chi connectivity index (χ0n) is 9.53. The molecular formula is C12H18N2O. The third kappa shape index (κ3) is 2.80. The van der Waals surface area contributed by atoms with E-state index in [0.717, 1.165) is 5.69 Å². The number of aryl methyl sites for hydroxylation is 1. The summed E-state index contributed by atoms with van der Waals surface area (Å²) in [6.07, 6.45) is 0.662. The van der Waals surface area contributed by atoms with E-state index in [9.17, 15) is 4.79 Å². The molecule has 1 aromatic carbocycles. The van der Waals surface area contributed by atoms with Gasteiger partial charge in [0.1, 0.15) is 0 Å². The highest BCUT2D eigenvalue weighted by molar-refractivity contribution is 5.96. The molecule has 1 aromatic rings. The molecule has 0 fully saturated rings. The number of rotatable bonds is 3. The number of hydrogen-bond acceptors (Lipinski definition) is 2. The van der Waals surface area contributed by atoms with Crippen LogP contribution in [0.4, 0.5) is 5.69 Å². The molecule has 3 heteroatoms. The Morgan fingerprint density at radius 2 is 1.93 bits per heavy atom. The molecular weight excluding hydrogens is 188 g/mol. The summed E-state index contributed by atoms with van der Waals surface area (Å²) in [7, 11) is 1.75. The minimum atomic E-state index is -0.406. The van der Waals surface area contributed by atoms with E-state index >= 15 is 0 Å². The fourth-order valence-electron chi connectivity index (χ4n) is 1.32. The minimum Gasteiger partial charge on any atom is -0.320 e. The Morgan fingerprint density at radius 1 is 1.40 bits per heavy atom. The fraction of sp³-hybridized carbons (Fsp3) is 0.417. The Hall–Kier alpha value is -1.35. The predicted octanol–water partition coefficient (Wildman–Crippen LogP) is 1.70. The lowest BCUT2D eigenvalue weighted by molar-refractivity contribution is -0.119. The molecule has 0 aliphatic carbocycles. The molecule has 1 amide bonds. The zero-order valence-corrected chi connectivity index (χ0v) is 9.53. The highest BCUT2D eigenvalue weighted by atomic mass is 16.2. The van der Waals surface area contributed by atoms with Gasteiger partial charge in [-0.25, -0.2) is 0 Å². The summed E-state index contributed by atoms with van der Waals surface area (Å²) in [5, 5.41) is 0. The molecule has 0 aliphatic rings. The molecule has 0 saturated heterocycles. The monoisotopic (exact) mass is 206 g/mol. The molecule has 0 bridgehead atoms. The van der Waals surface area contributed by atoms with Crippen molar-refractivity contribution >= 4 is 11.6 Å². The van der Waals surface area contributed by atoms with Crippen molar-refractivity contribution in [2.75, 3.05) is 11.9 Å². The average molecular weight is 206 g/mol. The number of nitrogens with two attached hydrogens (primary N) is 1. The van der Waals surface area contributed by atoms with E-state index in [2.05, 4.69) is 0 Å². The van der Waals surface area contributed by atoms with Crippen LogP contribution in [0.15, 0.2) is 24.3 Å². The van der Waals surface area contributed by atoms with Crippen molar-refractivity contribution in [3.8, 4) is 0 Å². The molecule has 0 aromatic heterocycles. The van der Waals surface area contributed by atoms with Gasteiger partial charge in [0.15, 0.2) is 0 Å². The molecule has 3 nitrogen and oxygen atoms in total. The third-order valence-corrected chi connectivity index (χ3v) is 2.51. The second-order valence-electron chi connectivity index (χ2n) is 3.75. The van der Waals surface area contributed by atoms with E-state index < -0.39 is 6.04 Å². The number of nitrogens with zero attached hydrogens (tertiary/aromatic N) is 1. The van der Waals surface area contributed by atoms with Gasteiger partial charge in [0, 0.05) is 12.7 Å². The molecule has 0 aliphatic heterocycles. The Morgan fingerprint density at radius 3 is 2.40 bits per heavy atom. The van der Waals surface area contributed by atoms with Crippen LogP contribution < -0.4 is 10.6 Å². The van der Waals surface area contributed by atoms with Crippen molar-refractivity contribution in [3.63, 3.8) is 0 Å². The van der Waals surface area contributed by atoms with E-state index in [1.807, 2.05) is 38.1 Å². The SMILES string of the molecule is CCC(N)C(=O)N(C)c1ccc(C)cc1. The van der Waals surface area contributed by atoms with Crippen LogP contribution in [0, 0.1) is 6.92 Å². The molecule has 0 spiro atoms. The summed E-state index contributed by atoms with van der Waals surface area (Å²) in [6, 6.07) is 7.41. The van der Waals surface area contributed by atoms with Crippen molar-refractivity contribution in [1.82, 2.24) is 0 Å². The van der Waals surface area contributed by atoms with Crippen molar-refractivity contribution < 1.29 is 4.79 Å². The van der Waals surface area contributed by atoms with Gasteiger partial charge in [-0.15, -0.1) is 0 Å². The number of carbonyl (C=O) groups excluding carboxylic acids is 1. The summed E-state index contributed by atoms with van der Waals surface area (Å²) in [4.78, 5) is 13.4. The summed E-state index contributed by atoms with van der Waals surface area (Å²) >= 11 is 0. The fourth-order valence-corrected chi connectivity index (χ4v) is 1.32. The maximum absolute atomic E-state index is 11.8. The van der Waals surface area contributed by atoms with Crippen LogP contribution in [0.5, 0.6) is 0 Å². The summed E-state index contributed by atoms with van der Waals surface area (Å²) in [6.45, 7) is 3.93. The highest BCUT2D eigenvalue weighted by Crippen LogP contribution is 2.14. The van der Waals surface area contributed by atoms with Gasteiger partial charge < -0.3 is 10.6 Å². The molecule has 1 unspecified atom stereocenters. The van der Waals surface area contributed by atoms with Gasteiger partial charge in [0.2, 0.25) is 5.91 Å². The van der Waals surface area contributed by atoms with Crippen LogP contribution >= 0.6 is 0 Å². The topological polar surface area (TPSA) is 46.3 Å². The first-order valence-corrected chi connectivity index (χ1v) is 5.16. The van der Waals surface area contributed by atoms with Gasteiger partial charge in [0.05, 0.1) is 6.04 Å². The Labute approximate surface area is 90.9 Å². The van der Waals surface area contributed by atoms with Crippen LogP contribution in [0.3, 0.4) is 0 Å². The maximum atomic E-state index is 11.8. The quantitative estimate of drug-likeness (QED) is 0.818. The maximum Gasteiger partial charge on any atom is 0.243 e. The Balaban J connectivity index is 2.80. The summed E-state index contributed by atoms with van der Waals surface area (Å²) in [5.41, 5.74) is 7.76. The van der Waals surface area contributed by atoms with E-state index in [4.69, 9.17) is 5.73 Å². The van der Waals surface area contributed by atoms with Crippen molar-refractivity contribution in [2.45, 2.75) is 26.3 Å². The van der Waals surface area contributed by atoms with Gasteiger partial charge in [-0.1, -0.05) is 24.6 Å². The summed E-state index contributed by atoms with van der Waals surface area (Å²) < 4.78 is 0. The van der Waals surface area contributed by atoms with Crippen LogP contribution in [0.2, 0.25) is 0 Å². The molecule has 1 atom stereocenters. The largest absolute Gasteiger partial charge is 0.320 e. The molecule has 15 heavy (non-hydrogen) atoms. The predicted molar refractivity (Wildman–Crippen MR) is 62.9 cm³/mol. The standard InChI is InChI=1S/C12H18N2O/c1-4-11(13)12(15)14(3)10-7-5-9(2)6-8-10/h5-8,11H,4,13H2,1-3H3. The lowest BCUT2D eigenvalue weighted by Gasteiger charge is -2.20. The van der Waals surface area contributed by atoms with Gasteiger partial charge in [-0.2, -0.15) is 0 Å². The van der Waals surface area contributed by atoms with Crippen molar-refractivity contribution in [2.24, 2.45) is 5.73 Å². The Bertz CT molecular complexity index is 332. The van der Waals surface area contributed by atoms with E-state index in [-0.39, 0.29) is 5.91 Å². The molecule has 82 valence electrons. The molecule has 1 rings (SSSR count). The number of carbonyl (C=O) groups is 1. The Kier molecular flexibility index (Phi) is 3.86. The van der Waals surface area contributed by atoms with Gasteiger partial charge in [-0.05, 0) is 25.5 Å². The lowest BCUT2D eigenvalue weighted by Crippen LogP contribution is -2.41. The molecule has 0 saturated carbocycles. The number of anilines is 1.